The lowest BCUT2D eigenvalue weighted by Gasteiger charge is -2.28. The van der Waals surface area contributed by atoms with Crippen LogP contribution in [-0.4, -0.2) is 23.8 Å². The van der Waals surface area contributed by atoms with E-state index in [0.717, 1.165) is 50.6 Å². The number of rotatable bonds is 5. The van der Waals surface area contributed by atoms with Crippen molar-refractivity contribution >= 4 is 23.2 Å². The SMILES string of the molecule is O=C(C=Cc1ccc(N2CCCCC2)c([N+](=O)[O-])c1)c1cccc(C(F)(F)F)c1. The van der Waals surface area contributed by atoms with Gasteiger partial charge in [-0.1, -0.05) is 24.3 Å². The molecule has 2 aromatic carbocycles. The maximum Gasteiger partial charge on any atom is 0.416 e. The number of carbonyl (C=O) groups excluding carboxylic acids is 1. The number of nitro benzene ring substituents is 1. The Morgan fingerprint density at radius 2 is 1.79 bits per heavy atom. The van der Waals surface area contributed by atoms with Crippen molar-refractivity contribution in [3.8, 4) is 0 Å². The van der Waals surface area contributed by atoms with E-state index in [4.69, 9.17) is 0 Å². The van der Waals surface area contributed by atoms with Gasteiger partial charge in [0.1, 0.15) is 5.69 Å². The standard InChI is InChI=1S/C21H19F3N2O3/c22-21(23,24)17-6-4-5-16(14-17)20(27)10-8-15-7-9-18(19(13-15)26(28)29)25-11-2-1-3-12-25/h4-10,13-14H,1-3,11-12H2. The fraction of sp³-hybridized carbons (Fsp3) is 0.286. The van der Waals surface area contributed by atoms with Gasteiger partial charge in [0.25, 0.3) is 5.69 Å². The number of alkyl halides is 3. The molecule has 0 N–H and O–H groups in total. The van der Waals surface area contributed by atoms with E-state index in [1.54, 1.807) is 12.1 Å². The summed E-state index contributed by atoms with van der Waals surface area (Å²) in [4.78, 5) is 25.2. The van der Waals surface area contributed by atoms with Gasteiger partial charge in [0, 0.05) is 24.7 Å². The summed E-state index contributed by atoms with van der Waals surface area (Å²) in [6.07, 6.45) is 1.01. The third-order valence-electron chi connectivity index (χ3n) is 4.79. The van der Waals surface area contributed by atoms with E-state index < -0.39 is 22.4 Å². The fourth-order valence-corrected chi connectivity index (χ4v) is 3.31. The van der Waals surface area contributed by atoms with Gasteiger partial charge in [-0.25, -0.2) is 0 Å². The van der Waals surface area contributed by atoms with Crippen molar-refractivity contribution in [2.45, 2.75) is 25.4 Å². The quantitative estimate of drug-likeness (QED) is 0.286. The average Bonchev–Trinajstić information content (AvgIpc) is 2.72. The first-order valence-electron chi connectivity index (χ1n) is 9.19. The Labute approximate surface area is 165 Å². The Balaban J connectivity index is 1.82. The van der Waals surface area contributed by atoms with E-state index in [2.05, 4.69) is 0 Å². The number of benzene rings is 2. The van der Waals surface area contributed by atoms with Gasteiger partial charge in [-0.05, 0) is 49.1 Å². The maximum absolute atomic E-state index is 12.8. The van der Waals surface area contributed by atoms with E-state index in [0.29, 0.717) is 11.3 Å². The molecule has 0 spiro atoms. The zero-order chi connectivity index (χ0) is 21.0. The zero-order valence-electron chi connectivity index (χ0n) is 15.5. The summed E-state index contributed by atoms with van der Waals surface area (Å²) in [6, 6.07) is 8.83. The molecule has 29 heavy (non-hydrogen) atoms. The molecule has 0 atom stereocenters. The molecule has 0 aliphatic carbocycles. The number of hydrogen-bond donors (Lipinski definition) is 0. The molecule has 0 saturated carbocycles. The minimum absolute atomic E-state index is 0.0550. The molecule has 1 heterocycles. The zero-order valence-corrected chi connectivity index (χ0v) is 15.5. The Morgan fingerprint density at radius 3 is 2.45 bits per heavy atom. The molecule has 0 amide bonds. The highest BCUT2D eigenvalue weighted by Crippen LogP contribution is 2.32. The summed E-state index contributed by atoms with van der Waals surface area (Å²) >= 11 is 0. The number of hydrogen-bond acceptors (Lipinski definition) is 4. The van der Waals surface area contributed by atoms with Crippen molar-refractivity contribution in [1.29, 1.82) is 0 Å². The average molecular weight is 404 g/mol. The number of allylic oxidation sites excluding steroid dienone is 1. The first-order valence-corrected chi connectivity index (χ1v) is 9.19. The largest absolute Gasteiger partial charge is 0.416 e. The first-order chi connectivity index (χ1) is 13.8. The van der Waals surface area contributed by atoms with Crippen LogP contribution >= 0.6 is 0 Å². The molecule has 1 saturated heterocycles. The van der Waals surface area contributed by atoms with Crippen LogP contribution in [0.5, 0.6) is 0 Å². The molecule has 0 bridgehead atoms. The van der Waals surface area contributed by atoms with Crippen LogP contribution in [0, 0.1) is 10.1 Å². The summed E-state index contributed by atoms with van der Waals surface area (Å²) < 4.78 is 38.4. The molecule has 0 radical (unpaired) electrons. The highest BCUT2D eigenvalue weighted by atomic mass is 19.4. The minimum Gasteiger partial charge on any atom is -0.366 e. The van der Waals surface area contributed by atoms with Crippen molar-refractivity contribution in [2.75, 3.05) is 18.0 Å². The van der Waals surface area contributed by atoms with Crippen LogP contribution in [0.2, 0.25) is 0 Å². The van der Waals surface area contributed by atoms with Crippen molar-refractivity contribution in [2.24, 2.45) is 0 Å². The summed E-state index contributed by atoms with van der Waals surface area (Å²) in [6.45, 7) is 1.51. The van der Waals surface area contributed by atoms with Gasteiger partial charge in [-0.2, -0.15) is 13.2 Å². The number of piperidine rings is 1. The van der Waals surface area contributed by atoms with Crippen LogP contribution in [-0.2, 0) is 6.18 Å². The smallest absolute Gasteiger partial charge is 0.366 e. The second kappa shape index (κ2) is 8.46. The van der Waals surface area contributed by atoms with Crippen LogP contribution in [0.1, 0.15) is 40.7 Å². The predicted molar refractivity (Wildman–Crippen MR) is 104 cm³/mol. The van der Waals surface area contributed by atoms with Gasteiger partial charge in [0.05, 0.1) is 10.5 Å². The highest BCUT2D eigenvalue weighted by molar-refractivity contribution is 6.07. The van der Waals surface area contributed by atoms with E-state index in [1.165, 1.54) is 24.3 Å². The van der Waals surface area contributed by atoms with Crippen molar-refractivity contribution < 1.29 is 22.9 Å². The normalized spacial score (nSPS) is 14.9. The highest BCUT2D eigenvalue weighted by Gasteiger charge is 2.30. The van der Waals surface area contributed by atoms with E-state index in [1.807, 2.05) is 4.90 Å². The molecule has 1 aliphatic rings. The lowest BCUT2D eigenvalue weighted by molar-refractivity contribution is -0.384. The maximum atomic E-state index is 12.8. The topological polar surface area (TPSA) is 63.5 Å². The minimum atomic E-state index is -4.54. The molecule has 0 aromatic heterocycles. The number of ketones is 1. The van der Waals surface area contributed by atoms with Crippen LogP contribution in [0.4, 0.5) is 24.5 Å². The van der Waals surface area contributed by atoms with Crippen LogP contribution < -0.4 is 4.90 Å². The molecule has 0 unspecified atom stereocenters. The Hall–Kier alpha value is -3.16. The predicted octanol–water partition coefficient (Wildman–Crippen LogP) is 5.50. The van der Waals surface area contributed by atoms with Crippen molar-refractivity contribution in [3.63, 3.8) is 0 Å². The number of halogens is 3. The second-order valence-corrected chi connectivity index (χ2v) is 6.83. The molecule has 3 rings (SSSR count). The van der Waals surface area contributed by atoms with E-state index in [-0.39, 0.29) is 11.3 Å². The van der Waals surface area contributed by atoms with Gasteiger partial charge >= 0.3 is 6.18 Å². The van der Waals surface area contributed by atoms with Gasteiger partial charge in [-0.15, -0.1) is 0 Å². The second-order valence-electron chi connectivity index (χ2n) is 6.83. The molecule has 2 aromatic rings. The summed E-state index contributed by atoms with van der Waals surface area (Å²) in [5.41, 5.74) is -0.0943. The van der Waals surface area contributed by atoms with Gasteiger partial charge in [0.2, 0.25) is 0 Å². The molecule has 8 heteroatoms. The first kappa shape index (κ1) is 20.6. The number of nitrogens with zero attached hydrogens (tertiary/aromatic N) is 2. The number of carbonyl (C=O) groups is 1. The molecule has 1 fully saturated rings. The molecule has 1 aliphatic heterocycles. The Kier molecular flexibility index (Phi) is 6.00. The van der Waals surface area contributed by atoms with Crippen molar-refractivity contribution in [1.82, 2.24) is 0 Å². The lowest BCUT2D eigenvalue weighted by atomic mass is 10.0. The monoisotopic (exact) mass is 404 g/mol. The summed E-state index contributed by atoms with van der Waals surface area (Å²) in [5, 5.41) is 11.5. The lowest BCUT2D eigenvalue weighted by Crippen LogP contribution is -2.29. The molecule has 5 nitrogen and oxygen atoms in total. The van der Waals surface area contributed by atoms with Gasteiger partial charge < -0.3 is 4.90 Å². The molecular formula is C21H19F3N2O3. The third kappa shape index (κ3) is 5.01. The van der Waals surface area contributed by atoms with Crippen molar-refractivity contribution in [3.05, 3.63) is 75.3 Å². The number of anilines is 1. The van der Waals surface area contributed by atoms with Crippen LogP contribution in [0.3, 0.4) is 0 Å². The van der Waals surface area contributed by atoms with E-state index in [9.17, 15) is 28.1 Å². The summed E-state index contributed by atoms with van der Waals surface area (Å²) in [7, 11) is 0. The Bertz CT molecular complexity index is 948. The third-order valence-corrected chi connectivity index (χ3v) is 4.79. The van der Waals surface area contributed by atoms with Crippen LogP contribution in [0.25, 0.3) is 6.08 Å². The molecule has 152 valence electrons. The molecular weight excluding hydrogens is 385 g/mol. The number of nitro groups is 1. The summed E-state index contributed by atoms with van der Waals surface area (Å²) in [5.74, 6) is -0.612. The van der Waals surface area contributed by atoms with Crippen LogP contribution in [0.15, 0.2) is 48.5 Å². The fourth-order valence-electron chi connectivity index (χ4n) is 3.31. The van der Waals surface area contributed by atoms with E-state index >= 15 is 0 Å². The Morgan fingerprint density at radius 1 is 1.07 bits per heavy atom. The van der Waals surface area contributed by atoms with Gasteiger partial charge in [0.15, 0.2) is 5.78 Å². The van der Waals surface area contributed by atoms with Gasteiger partial charge in [-0.3, -0.25) is 14.9 Å².